The molecule has 0 aromatic carbocycles. The predicted molar refractivity (Wildman–Crippen MR) is 88.5 cm³/mol. The van der Waals surface area contributed by atoms with E-state index in [4.69, 9.17) is 4.74 Å². The molecule has 0 unspecified atom stereocenters. The summed E-state index contributed by atoms with van der Waals surface area (Å²) in [5.41, 5.74) is 0.676. The van der Waals surface area contributed by atoms with Crippen LogP contribution < -0.4 is 0 Å². The minimum Gasteiger partial charge on any atom is -0.378 e. The van der Waals surface area contributed by atoms with E-state index in [1.807, 2.05) is 0 Å². The van der Waals surface area contributed by atoms with Gasteiger partial charge >= 0.3 is 0 Å². The molecule has 2 saturated carbocycles. The van der Waals surface area contributed by atoms with Gasteiger partial charge in [-0.3, -0.25) is 0 Å². The minimum atomic E-state index is 0.594. The lowest BCUT2D eigenvalue weighted by Gasteiger charge is -2.53. The Morgan fingerprint density at radius 1 is 1.00 bits per heavy atom. The smallest absolute Gasteiger partial charge is 0.0585 e. The number of ether oxygens (including phenoxy) is 1. The van der Waals surface area contributed by atoms with Crippen molar-refractivity contribution >= 4 is 0 Å². The number of likely N-dealkylation sites (tertiary alicyclic amines) is 1. The Hall–Kier alpha value is -0.0800. The van der Waals surface area contributed by atoms with E-state index in [1.165, 1.54) is 70.9 Å². The summed E-state index contributed by atoms with van der Waals surface area (Å²) in [5, 5.41) is 0. The van der Waals surface area contributed by atoms with Crippen molar-refractivity contribution in [1.29, 1.82) is 0 Å². The van der Waals surface area contributed by atoms with Gasteiger partial charge in [0, 0.05) is 12.6 Å². The van der Waals surface area contributed by atoms with E-state index in [0.29, 0.717) is 11.5 Å². The monoisotopic (exact) mass is 293 g/mol. The van der Waals surface area contributed by atoms with Gasteiger partial charge in [-0.25, -0.2) is 0 Å². The quantitative estimate of drug-likeness (QED) is 0.733. The van der Waals surface area contributed by atoms with Gasteiger partial charge in [0.25, 0.3) is 0 Å². The Kier molecular flexibility index (Phi) is 5.27. The largest absolute Gasteiger partial charge is 0.378 e. The molecule has 1 heterocycles. The number of piperidine rings is 1. The van der Waals surface area contributed by atoms with Gasteiger partial charge in [-0.2, -0.15) is 0 Å². The van der Waals surface area contributed by atoms with Gasteiger partial charge < -0.3 is 9.64 Å². The van der Waals surface area contributed by atoms with Gasteiger partial charge in [0.2, 0.25) is 0 Å². The van der Waals surface area contributed by atoms with Crippen molar-refractivity contribution in [2.45, 2.75) is 90.2 Å². The molecule has 1 aliphatic heterocycles. The fourth-order valence-corrected chi connectivity index (χ4v) is 5.00. The summed E-state index contributed by atoms with van der Waals surface area (Å²) in [6.07, 6.45) is 14.6. The Balaban J connectivity index is 1.38. The van der Waals surface area contributed by atoms with E-state index in [2.05, 4.69) is 18.7 Å². The summed E-state index contributed by atoms with van der Waals surface area (Å²) in [4.78, 5) is 2.83. The molecule has 3 rings (SSSR count). The maximum Gasteiger partial charge on any atom is 0.0585 e. The average Bonchev–Trinajstić information content (AvgIpc) is 2.51. The predicted octanol–water partition coefficient (Wildman–Crippen LogP) is 4.63. The highest BCUT2D eigenvalue weighted by Gasteiger charge is 2.46. The zero-order valence-corrected chi connectivity index (χ0v) is 14.3. The Labute approximate surface area is 131 Å². The fraction of sp³-hybridized carbons (Fsp3) is 1.00. The molecule has 2 nitrogen and oxygen atoms in total. The molecule has 1 spiro atoms. The first-order chi connectivity index (χ1) is 10.2. The maximum absolute atomic E-state index is 5.91. The van der Waals surface area contributed by atoms with Crippen molar-refractivity contribution in [2.75, 3.05) is 19.7 Å². The van der Waals surface area contributed by atoms with E-state index in [9.17, 15) is 0 Å². The van der Waals surface area contributed by atoms with Crippen molar-refractivity contribution in [3.05, 3.63) is 0 Å². The lowest BCUT2D eigenvalue weighted by molar-refractivity contribution is -0.109. The van der Waals surface area contributed by atoms with Crippen LogP contribution in [0.5, 0.6) is 0 Å². The number of hydrogen-bond acceptors (Lipinski definition) is 2. The van der Waals surface area contributed by atoms with E-state index < -0.39 is 0 Å². The standard InChI is InChI=1S/C19H35NO/c1-3-13-21-18-14-19(15-18)9-11-20(12-10-19)17-7-5-16(4-2)6-8-17/h16-18H,3-15H2,1-2H3. The highest BCUT2D eigenvalue weighted by Crippen LogP contribution is 2.51. The second-order valence-corrected chi connectivity index (χ2v) is 8.02. The molecular weight excluding hydrogens is 258 g/mol. The van der Waals surface area contributed by atoms with Crippen molar-refractivity contribution in [3.63, 3.8) is 0 Å². The molecule has 3 aliphatic rings. The van der Waals surface area contributed by atoms with Crippen LogP contribution in [0.25, 0.3) is 0 Å². The normalized spacial score (nSPS) is 34.0. The van der Waals surface area contributed by atoms with E-state index >= 15 is 0 Å². The molecule has 0 aromatic heterocycles. The third kappa shape index (κ3) is 3.64. The van der Waals surface area contributed by atoms with Crippen molar-refractivity contribution in [1.82, 2.24) is 4.90 Å². The van der Waals surface area contributed by atoms with Gasteiger partial charge in [-0.15, -0.1) is 0 Å². The molecule has 0 radical (unpaired) electrons. The molecule has 0 atom stereocenters. The second kappa shape index (κ2) is 7.00. The zero-order valence-electron chi connectivity index (χ0n) is 14.3. The molecule has 21 heavy (non-hydrogen) atoms. The van der Waals surface area contributed by atoms with Crippen LogP contribution in [0.15, 0.2) is 0 Å². The van der Waals surface area contributed by atoms with E-state index in [1.54, 1.807) is 0 Å². The number of rotatable bonds is 5. The molecule has 0 bridgehead atoms. The molecule has 122 valence electrons. The van der Waals surface area contributed by atoms with Crippen LogP contribution in [-0.4, -0.2) is 36.7 Å². The summed E-state index contributed by atoms with van der Waals surface area (Å²) in [7, 11) is 0. The molecular formula is C19H35NO. The first-order valence-electron chi connectivity index (χ1n) is 9.60. The van der Waals surface area contributed by atoms with Gasteiger partial charge in [0.15, 0.2) is 0 Å². The van der Waals surface area contributed by atoms with Gasteiger partial charge in [-0.05, 0) is 82.2 Å². The second-order valence-electron chi connectivity index (χ2n) is 8.02. The topological polar surface area (TPSA) is 12.5 Å². The molecule has 0 N–H and O–H groups in total. The Morgan fingerprint density at radius 3 is 2.24 bits per heavy atom. The summed E-state index contributed by atoms with van der Waals surface area (Å²) < 4.78 is 5.91. The Morgan fingerprint density at radius 2 is 1.67 bits per heavy atom. The molecule has 1 saturated heterocycles. The molecule has 0 aromatic rings. The first-order valence-corrected chi connectivity index (χ1v) is 9.60. The number of nitrogens with zero attached hydrogens (tertiary/aromatic N) is 1. The molecule has 2 heteroatoms. The van der Waals surface area contributed by atoms with Crippen LogP contribution >= 0.6 is 0 Å². The molecule has 3 fully saturated rings. The van der Waals surface area contributed by atoms with Crippen LogP contribution in [0.4, 0.5) is 0 Å². The van der Waals surface area contributed by atoms with Crippen molar-refractivity contribution in [2.24, 2.45) is 11.3 Å². The van der Waals surface area contributed by atoms with E-state index in [0.717, 1.165) is 25.0 Å². The minimum absolute atomic E-state index is 0.594. The summed E-state index contributed by atoms with van der Waals surface area (Å²) in [6, 6.07) is 0.914. The number of hydrogen-bond donors (Lipinski definition) is 0. The summed E-state index contributed by atoms with van der Waals surface area (Å²) >= 11 is 0. The van der Waals surface area contributed by atoms with Crippen LogP contribution in [0.3, 0.4) is 0 Å². The third-order valence-corrected chi connectivity index (χ3v) is 6.65. The third-order valence-electron chi connectivity index (χ3n) is 6.65. The van der Waals surface area contributed by atoms with Crippen LogP contribution in [0.2, 0.25) is 0 Å². The Bertz CT molecular complexity index is 306. The van der Waals surface area contributed by atoms with Crippen molar-refractivity contribution < 1.29 is 4.74 Å². The van der Waals surface area contributed by atoms with Crippen molar-refractivity contribution in [3.8, 4) is 0 Å². The lowest BCUT2D eigenvalue weighted by Crippen LogP contribution is -2.52. The summed E-state index contributed by atoms with van der Waals surface area (Å²) in [5.74, 6) is 1.03. The molecule has 2 aliphatic carbocycles. The maximum atomic E-state index is 5.91. The van der Waals surface area contributed by atoms with Gasteiger partial charge in [0.05, 0.1) is 6.10 Å². The van der Waals surface area contributed by atoms with E-state index in [-0.39, 0.29) is 0 Å². The zero-order chi connectivity index (χ0) is 14.7. The highest BCUT2D eigenvalue weighted by molar-refractivity contribution is 4.99. The van der Waals surface area contributed by atoms with Gasteiger partial charge in [0.1, 0.15) is 0 Å². The SMILES string of the molecule is CCCOC1CC2(CCN(C3CCC(CC)CC3)CC2)C1. The highest BCUT2D eigenvalue weighted by atomic mass is 16.5. The van der Waals surface area contributed by atoms with Crippen LogP contribution in [0.1, 0.15) is 78.1 Å². The van der Waals surface area contributed by atoms with Crippen LogP contribution in [-0.2, 0) is 4.74 Å². The summed E-state index contributed by atoms with van der Waals surface area (Å²) in [6.45, 7) is 8.26. The lowest BCUT2D eigenvalue weighted by atomic mass is 9.61. The molecule has 0 amide bonds. The average molecular weight is 293 g/mol. The fourth-order valence-electron chi connectivity index (χ4n) is 5.00. The van der Waals surface area contributed by atoms with Gasteiger partial charge in [-0.1, -0.05) is 20.3 Å². The first kappa shape index (κ1) is 15.8. The van der Waals surface area contributed by atoms with Crippen LogP contribution in [0, 0.1) is 11.3 Å².